The van der Waals surface area contributed by atoms with Crippen LogP contribution in [0.15, 0.2) is 12.1 Å². The number of carbonyl (C=O) groups is 1. The van der Waals surface area contributed by atoms with Crippen LogP contribution in [-0.4, -0.2) is 11.1 Å². The molecule has 13 heavy (non-hydrogen) atoms. The highest BCUT2D eigenvalue weighted by molar-refractivity contribution is 5.77. The minimum atomic E-state index is -0.833. The summed E-state index contributed by atoms with van der Waals surface area (Å²) < 4.78 is 24.0. The molecular formula is C8H9F2NO2. The van der Waals surface area contributed by atoms with Gasteiger partial charge < -0.3 is 11.3 Å². The minimum absolute atomic E-state index is 0. The highest BCUT2D eigenvalue weighted by Gasteiger charge is 2.23. The maximum absolute atomic E-state index is 12.0. The Morgan fingerprint density at radius 3 is 1.69 bits per heavy atom. The van der Waals surface area contributed by atoms with Gasteiger partial charge in [-0.15, -0.1) is 0 Å². The van der Waals surface area contributed by atoms with Crippen LogP contribution in [0.25, 0.3) is 11.1 Å². The number of carboxylic acid groups (broad SMARTS) is 1. The number of hydrogen-bond acceptors (Lipinski definition) is 2. The standard InChI is InChI=1S/C6H2F2.C2H4O2.H3N/c7-4-1-3-2-5(8)6(3)4;1-2(3)4;/h1-2H;1H3,(H,3,4);1H3. The van der Waals surface area contributed by atoms with Crippen LogP contribution in [-0.2, 0) is 4.79 Å². The average molecular weight is 189 g/mol. The van der Waals surface area contributed by atoms with Gasteiger partial charge in [0.05, 0.1) is 5.56 Å². The number of halogens is 2. The van der Waals surface area contributed by atoms with E-state index in [1.165, 1.54) is 12.1 Å². The Morgan fingerprint density at radius 1 is 1.31 bits per heavy atom. The normalized spacial score (nSPS) is 9.15. The van der Waals surface area contributed by atoms with Gasteiger partial charge in [0.25, 0.3) is 5.97 Å². The first kappa shape index (κ1) is 11.5. The first-order valence-electron chi connectivity index (χ1n) is 3.21. The van der Waals surface area contributed by atoms with E-state index in [1.54, 1.807) is 0 Å². The van der Waals surface area contributed by atoms with Gasteiger partial charge in [-0.2, -0.15) is 0 Å². The second-order valence-corrected chi connectivity index (χ2v) is 2.33. The molecule has 0 amide bonds. The molecule has 0 saturated heterocycles. The number of aliphatic carboxylic acids is 1. The quantitative estimate of drug-likeness (QED) is 0.667. The summed E-state index contributed by atoms with van der Waals surface area (Å²) in [5.41, 5.74) is 0.894. The zero-order valence-corrected chi connectivity index (χ0v) is 6.97. The molecule has 0 aromatic heterocycles. The summed E-state index contributed by atoms with van der Waals surface area (Å²) in [5, 5.41) is 7.42. The van der Waals surface area contributed by atoms with Gasteiger partial charge >= 0.3 is 0 Å². The highest BCUT2D eigenvalue weighted by atomic mass is 19.1. The van der Waals surface area contributed by atoms with Crippen LogP contribution >= 0.6 is 0 Å². The molecule has 3 nitrogen and oxygen atoms in total. The van der Waals surface area contributed by atoms with Crippen molar-refractivity contribution in [3.05, 3.63) is 23.8 Å². The monoisotopic (exact) mass is 189 g/mol. The van der Waals surface area contributed by atoms with Crippen molar-refractivity contribution in [2.75, 3.05) is 0 Å². The van der Waals surface area contributed by atoms with Gasteiger partial charge in [-0.25, -0.2) is 8.78 Å². The Hall–Kier alpha value is -1.49. The lowest BCUT2D eigenvalue weighted by atomic mass is 9.92. The molecule has 0 aromatic rings. The lowest BCUT2D eigenvalue weighted by molar-refractivity contribution is -0.134. The fourth-order valence-corrected chi connectivity index (χ4v) is 0.838. The molecule has 0 aliphatic heterocycles. The third-order valence-electron chi connectivity index (χ3n) is 1.33. The van der Waals surface area contributed by atoms with Crippen molar-refractivity contribution >= 4 is 5.97 Å². The van der Waals surface area contributed by atoms with Crippen molar-refractivity contribution in [1.82, 2.24) is 6.15 Å². The summed E-state index contributed by atoms with van der Waals surface area (Å²) in [7, 11) is 0. The van der Waals surface area contributed by atoms with Crippen LogP contribution < -0.4 is 6.15 Å². The van der Waals surface area contributed by atoms with Crippen molar-refractivity contribution in [3.8, 4) is 11.1 Å². The Balaban J connectivity index is 0.000000256. The molecule has 72 valence electrons. The predicted molar refractivity (Wildman–Crippen MR) is 43.7 cm³/mol. The van der Waals surface area contributed by atoms with Gasteiger partial charge in [-0.3, -0.25) is 4.79 Å². The number of fused-ring (bicyclic) bond motifs is 1. The molecule has 4 N–H and O–H groups in total. The molecule has 0 saturated carbocycles. The van der Waals surface area contributed by atoms with E-state index < -0.39 is 17.6 Å². The number of carboxylic acids is 1. The molecule has 2 aliphatic rings. The lowest BCUT2D eigenvalue weighted by Crippen LogP contribution is -2.01. The van der Waals surface area contributed by atoms with E-state index in [0.29, 0.717) is 5.56 Å². The maximum atomic E-state index is 12.0. The Bertz CT molecular complexity index is 312. The molecule has 2 rings (SSSR count). The molecule has 0 bridgehead atoms. The van der Waals surface area contributed by atoms with Gasteiger partial charge in [0.2, 0.25) is 0 Å². The first-order valence-corrected chi connectivity index (χ1v) is 3.21. The van der Waals surface area contributed by atoms with Crippen LogP contribution in [0.5, 0.6) is 0 Å². The second kappa shape index (κ2) is 3.95. The lowest BCUT2D eigenvalue weighted by Gasteiger charge is -2.16. The van der Waals surface area contributed by atoms with Gasteiger partial charge in [-0.1, -0.05) is 0 Å². The summed E-state index contributed by atoms with van der Waals surface area (Å²) in [6.45, 7) is 1.08. The van der Waals surface area contributed by atoms with E-state index in [4.69, 9.17) is 9.90 Å². The van der Waals surface area contributed by atoms with E-state index >= 15 is 0 Å². The van der Waals surface area contributed by atoms with Gasteiger partial charge in [0.15, 0.2) is 0 Å². The molecule has 0 atom stereocenters. The minimum Gasteiger partial charge on any atom is -0.481 e. The smallest absolute Gasteiger partial charge is 0.300 e. The first-order chi connectivity index (χ1) is 5.52. The van der Waals surface area contributed by atoms with Gasteiger partial charge in [-0.05, 0) is 17.7 Å². The topological polar surface area (TPSA) is 72.3 Å². The van der Waals surface area contributed by atoms with Crippen molar-refractivity contribution in [1.29, 1.82) is 0 Å². The molecule has 2 aliphatic carbocycles. The van der Waals surface area contributed by atoms with Crippen LogP contribution in [0.2, 0.25) is 0 Å². The predicted octanol–water partition coefficient (Wildman–Crippen LogP) is 2.20. The average Bonchev–Trinajstić information content (AvgIpc) is 1.83. The molecular weight excluding hydrogens is 180 g/mol. The summed E-state index contributed by atoms with van der Waals surface area (Å²) in [5.74, 6) is -1.67. The number of hydrogen-bond donors (Lipinski definition) is 2. The van der Waals surface area contributed by atoms with Gasteiger partial charge in [0, 0.05) is 6.92 Å². The third-order valence-corrected chi connectivity index (χ3v) is 1.33. The largest absolute Gasteiger partial charge is 0.481 e. The highest BCUT2D eigenvalue weighted by Crippen LogP contribution is 2.38. The Kier molecular flexibility index (Phi) is 3.50. The summed E-state index contributed by atoms with van der Waals surface area (Å²) in [6.07, 6.45) is 0. The molecule has 0 radical (unpaired) electrons. The van der Waals surface area contributed by atoms with Crippen molar-refractivity contribution in [2.45, 2.75) is 6.92 Å². The molecule has 5 heteroatoms. The Morgan fingerprint density at radius 2 is 1.62 bits per heavy atom. The Labute approximate surface area is 73.6 Å². The summed E-state index contributed by atoms with van der Waals surface area (Å²) in [4.78, 5) is 9.00. The fourth-order valence-electron chi connectivity index (χ4n) is 0.838. The van der Waals surface area contributed by atoms with Crippen LogP contribution in [0.3, 0.4) is 0 Å². The third kappa shape index (κ3) is 2.22. The van der Waals surface area contributed by atoms with E-state index in [1.807, 2.05) is 0 Å². The number of benzene rings is 1. The molecule has 0 unspecified atom stereocenters. The zero-order valence-electron chi connectivity index (χ0n) is 6.97. The molecule has 0 spiro atoms. The second-order valence-electron chi connectivity index (χ2n) is 2.33. The van der Waals surface area contributed by atoms with E-state index in [0.717, 1.165) is 6.92 Å². The SMILES string of the molecule is CC(=O)O.Fc1cc2cc(F)c1-2.N. The maximum Gasteiger partial charge on any atom is 0.300 e. The van der Waals surface area contributed by atoms with Crippen molar-refractivity contribution in [2.24, 2.45) is 0 Å². The zero-order chi connectivity index (χ0) is 9.30. The van der Waals surface area contributed by atoms with Crippen LogP contribution in [0, 0.1) is 11.6 Å². The molecule has 0 heterocycles. The van der Waals surface area contributed by atoms with Crippen LogP contribution in [0.4, 0.5) is 8.78 Å². The van der Waals surface area contributed by atoms with E-state index in [-0.39, 0.29) is 11.7 Å². The summed E-state index contributed by atoms with van der Waals surface area (Å²) >= 11 is 0. The summed E-state index contributed by atoms with van der Waals surface area (Å²) in [6, 6.07) is 2.64. The molecule has 0 aromatic carbocycles. The van der Waals surface area contributed by atoms with E-state index in [9.17, 15) is 8.78 Å². The van der Waals surface area contributed by atoms with Crippen molar-refractivity contribution < 1.29 is 18.7 Å². The number of rotatable bonds is 0. The fraction of sp³-hybridized carbons (Fsp3) is 0.125. The molecule has 0 fully saturated rings. The van der Waals surface area contributed by atoms with Gasteiger partial charge in [0.1, 0.15) is 11.6 Å². The van der Waals surface area contributed by atoms with Crippen LogP contribution in [0.1, 0.15) is 6.92 Å². The van der Waals surface area contributed by atoms with Crippen molar-refractivity contribution in [3.63, 3.8) is 0 Å². The van der Waals surface area contributed by atoms with E-state index in [2.05, 4.69) is 0 Å².